The topological polar surface area (TPSA) is 6.48 Å². The van der Waals surface area contributed by atoms with Crippen molar-refractivity contribution < 1.29 is 0 Å². The Labute approximate surface area is 146 Å². The summed E-state index contributed by atoms with van der Waals surface area (Å²) in [5.74, 6) is 0. The molecule has 24 heavy (non-hydrogen) atoms. The molecule has 0 N–H and O–H groups in total. The molecule has 2 aliphatic rings. The van der Waals surface area contributed by atoms with E-state index in [9.17, 15) is 0 Å². The number of rotatable bonds is 3. The van der Waals surface area contributed by atoms with Crippen LogP contribution in [0.1, 0.15) is 42.9 Å². The van der Waals surface area contributed by atoms with E-state index in [-0.39, 0.29) is 0 Å². The van der Waals surface area contributed by atoms with Crippen molar-refractivity contribution in [3.05, 3.63) is 71.8 Å². The number of benzene rings is 2. The second kappa shape index (κ2) is 7.50. The summed E-state index contributed by atoms with van der Waals surface area (Å²) in [5.41, 5.74) is 2.85. The van der Waals surface area contributed by atoms with Crippen LogP contribution in [0.2, 0.25) is 0 Å². The maximum atomic E-state index is 2.75. The van der Waals surface area contributed by atoms with Crippen molar-refractivity contribution in [2.24, 2.45) is 0 Å². The summed E-state index contributed by atoms with van der Waals surface area (Å²) in [6.07, 6.45) is 5.44. The molecule has 0 saturated carbocycles. The molecule has 0 radical (unpaired) electrons. The summed E-state index contributed by atoms with van der Waals surface area (Å²) in [5, 5.41) is 0. The molecule has 2 saturated heterocycles. The average Bonchev–Trinajstić information content (AvgIpc) is 2.86. The van der Waals surface area contributed by atoms with Crippen molar-refractivity contribution in [2.75, 3.05) is 26.2 Å². The summed E-state index contributed by atoms with van der Waals surface area (Å²) in [4.78, 5) is 5.48. The SMILES string of the molecule is c1ccc(C(c2ccccc2)N2CCCN3CCCCC3C2)cc1. The maximum Gasteiger partial charge on any atom is 0.0602 e. The van der Waals surface area contributed by atoms with E-state index in [0.29, 0.717) is 6.04 Å². The Kier molecular flexibility index (Phi) is 4.96. The lowest BCUT2D eigenvalue weighted by Crippen LogP contribution is -2.44. The van der Waals surface area contributed by atoms with Crippen LogP contribution in [0.3, 0.4) is 0 Å². The van der Waals surface area contributed by atoms with E-state index in [1.807, 2.05) is 0 Å². The molecule has 0 aliphatic carbocycles. The molecule has 126 valence electrons. The summed E-state index contributed by atoms with van der Waals surface area (Å²) >= 11 is 0. The standard InChI is InChI=1S/C22H28N2/c1-3-10-19(11-4-1)22(20-12-5-2-6-13-20)24-17-9-16-23-15-8-7-14-21(23)18-24/h1-6,10-13,21-22H,7-9,14-18H2. The zero-order valence-electron chi connectivity index (χ0n) is 14.5. The molecular weight excluding hydrogens is 292 g/mol. The number of hydrogen-bond donors (Lipinski definition) is 0. The molecule has 2 heteroatoms. The Balaban J connectivity index is 1.65. The highest BCUT2D eigenvalue weighted by atomic mass is 15.3. The summed E-state index contributed by atoms with van der Waals surface area (Å²) in [7, 11) is 0. The first-order valence-corrected chi connectivity index (χ1v) is 9.50. The minimum atomic E-state index is 0.384. The van der Waals surface area contributed by atoms with Crippen molar-refractivity contribution >= 4 is 0 Å². The molecule has 0 bridgehead atoms. The van der Waals surface area contributed by atoms with Gasteiger partial charge >= 0.3 is 0 Å². The maximum absolute atomic E-state index is 2.75. The Morgan fingerprint density at radius 3 is 2.00 bits per heavy atom. The molecule has 2 aromatic rings. The fraction of sp³-hybridized carbons (Fsp3) is 0.455. The smallest absolute Gasteiger partial charge is 0.0602 e. The third-order valence-electron chi connectivity index (χ3n) is 5.68. The van der Waals surface area contributed by atoms with Gasteiger partial charge in [0.2, 0.25) is 0 Å². The van der Waals surface area contributed by atoms with E-state index in [2.05, 4.69) is 70.5 Å². The predicted octanol–water partition coefficient (Wildman–Crippen LogP) is 4.34. The van der Waals surface area contributed by atoms with Gasteiger partial charge in [-0.2, -0.15) is 0 Å². The third kappa shape index (κ3) is 3.40. The molecule has 2 fully saturated rings. The van der Waals surface area contributed by atoms with E-state index in [0.717, 1.165) is 6.04 Å². The first-order valence-electron chi connectivity index (χ1n) is 9.50. The van der Waals surface area contributed by atoms with Gasteiger partial charge in [0.1, 0.15) is 0 Å². The van der Waals surface area contributed by atoms with Crippen molar-refractivity contribution in [3.63, 3.8) is 0 Å². The first kappa shape index (κ1) is 15.9. The van der Waals surface area contributed by atoms with Crippen LogP contribution >= 0.6 is 0 Å². The van der Waals surface area contributed by atoms with Gasteiger partial charge in [0.05, 0.1) is 6.04 Å². The largest absolute Gasteiger partial charge is 0.299 e. The summed E-state index contributed by atoms with van der Waals surface area (Å²) < 4.78 is 0. The van der Waals surface area contributed by atoms with Crippen molar-refractivity contribution in [1.29, 1.82) is 0 Å². The first-order chi connectivity index (χ1) is 11.9. The second-order valence-corrected chi connectivity index (χ2v) is 7.26. The fourth-order valence-electron chi connectivity index (χ4n) is 4.52. The minimum Gasteiger partial charge on any atom is -0.299 e. The van der Waals surface area contributed by atoms with Gasteiger partial charge in [0, 0.05) is 19.1 Å². The highest BCUT2D eigenvalue weighted by Gasteiger charge is 2.31. The highest BCUT2D eigenvalue weighted by molar-refractivity contribution is 5.32. The quantitative estimate of drug-likeness (QED) is 0.830. The van der Waals surface area contributed by atoms with Gasteiger partial charge in [-0.3, -0.25) is 9.80 Å². The molecule has 0 spiro atoms. The fourth-order valence-corrected chi connectivity index (χ4v) is 4.52. The van der Waals surface area contributed by atoms with E-state index in [1.54, 1.807) is 0 Å². The Morgan fingerprint density at radius 1 is 0.708 bits per heavy atom. The molecule has 1 atom stereocenters. The van der Waals surface area contributed by atoms with Gasteiger partial charge < -0.3 is 0 Å². The molecular formula is C22H28N2. The van der Waals surface area contributed by atoms with Gasteiger partial charge in [0.15, 0.2) is 0 Å². The zero-order chi connectivity index (χ0) is 16.2. The number of fused-ring (bicyclic) bond motifs is 1. The third-order valence-corrected chi connectivity index (χ3v) is 5.68. The Bertz CT molecular complexity index is 585. The van der Waals surface area contributed by atoms with E-state index in [4.69, 9.17) is 0 Å². The van der Waals surface area contributed by atoms with Gasteiger partial charge in [-0.1, -0.05) is 67.1 Å². The van der Waals surface area contributed by atoms with Crippen LogP contribution in [0.4, 0.5) is 0 Å². The van der Waals surface area contributed by atoms with Gasteiger partial charge in [-0.15, -0.1) is 0 Å². The summed E-state index contributed by atoms with van der Waals surface area (Å²) in [6, 6.07) is 23.3. The predicted molar refractivity (Wildman–Crippen MR) is 100 cm³/mol. The number of nitrogens with zero attached hydrogens (tertiary/aromatic N) is 2. The Hall–Kier alpha value is -1.64. The molecule has 1 unspecified atom stereocenters. The van der Waals surface area contributed by atoms with Gasteiger partial charge in [-0.25, -0.2) is 0 Å². The van der Waals surface area contributed by atoms with E-state index < -0.39 is 0 Å². The minimum absolute atomic E-state index is 0.384. The molecule has 2 nitrogen and oxygen atoms in total. The molecule has 2 heterocycles. The van der Waals surface area contributed by atoms with E-state index >= 15 is 0 Å². The lowest BCUT2D eigenvalue weighted by molar-refractivity contribution is 0.127. The van der Waals surface area contributed by atoms with Crippen molar-refractivity contribution in [1.82, 2.24) is 9.80 Å². The number of hydrogen-bond acceptors (Lipinski definition) is 2. The Morgan fingerprint density at radius 2 is 1.33 bits per heavy atom. The van der Waals surface area contributed by atoms with Crippen LogP contribution in [0.25, 0.3) is 0 Å². The number of piperidine rings is 1. The van der Waals surface area contributed by atoms with Crippen LogP contribution in [-0.2, 0) is 0 Å². The van der Waals surface area contributed by atoms with Crippen molar-refractivity contribution in [2.45, 2.75) is 37.8 Å². The van der Waals surface area contributed by atoms with Crippen LogP contribution in [0, 0.1) is 0 Å². The second-order valence-electron chi connectivity index (χ2n) is 7.26. The monoisotopic (exact) mass is 320 g/mol. The van der Waals surface area contributed by atoms with Crippen molar-refractivity contribution in [3.8, 4) is 0 Å². The zero-order valence-corrected chi connectivity index (χ0v) is 14.5. The normalized spacial score (nSPS) is 23.0. The van der Waals surface area contributed by atoms with Crippen LogP contribution in [0.15, 0.2) is 60.7 Å². The lowest BCUT2D eigenvalue weighted by atomic mass is 9.95. The van der Waals surface area contributed by atoms with Gasteiger partial charge in [0.25, 0.3) is 0 Å². The van der Waals surface area contributed by atoms with Gasteiger partial charge in [-0.05, 0) is 43.5 Å². The van der Waals surface area contributed by atoms with E-state index in [1.165, 1.54) is 63.0 Å². The molecule has 0 amide bonds. The average molecular weight is 320 g/mol. The molecule has 0 aromatic heterocycles. The summed E-state index contributed by atoms with van der Waals surface area (Å²) in [6.45, 7) is 4.98. The van der Waals surface area contributed by atoms with Crippen LogP contribution in [0.5, 0.6) is 0 Å². The van der Waals surface area contributed by atoms with Crippen LogP contribution < -0.4 is 0 Å². The molecule has 2 aliphatic heterocycles. The highest BCUT2D eigenvalue weighted by Crippen LogP contribution is 2.32. The molecule has 4 rings (SSSR count). The lowest BCUT2D eigenvalue weighted by Gasteiger charge is -2.38. The molecule has 2 aromatic carbocycles. The van der Waals surface area contributed by atoms with Crippen LogP contribution in [-0.4, -0.2) is 42.0 Å².